The second-order valence-corrected chi connectivity index (χ2v) is 5.67. The van der Waals surface area contributed by atoms with Gasteiger partial charge in [0, 0.05) is 6.04 Å². The van der Waals surface area contributed by atoms with E-state index in [0.717, 1.165) is 18.4 Å². The zero-order chi connectivity index (χ0) is 12.3. The van der Waals surface area contributed by atoms with Gasteiger partial charge >= 0.3 is 0 Å². The summed E-state index contributed by atoms with van der Waals surface area (Å²) in [5.41, 5.74) is 7.19. The molecule has 0 saturated carbocycles. The average molecular weight is 244 g/mol. The minimum atomic E-state index is -0.370. The van der Waals surface area contributed by atoms with Crippen molar-refractivity contribution in [2.24, 2.45) is 11.1 Å². The van der Waals surface area contributed by atoms with E-state index < -0.39 is 0 Å². The maximum Gasteiger partial charge on any atom is 0.141 e. The van der Waals surface area contributed by atoms with Crippen LogP contribution in [0.5, 0.6) is 0 Å². The SMILES string of the molecule is CC(C)(C)C(N)CCc1ccc(F)c(Cl)c1. The fraction of sp³-hybridized carbons (Fsp3) is 0.538. The first-order valence-electron chi connectivity index (χ1n) is 5.50. The minimum Gasteiger partial charge on any atom is -0.327 e. The molecular formula is C13H19ClFN. The molecule has 0 bridgehead atoms. The van der Waals surface area contributed by atoms with E-state index in [1.54, 1.807) is 12.1 Å². The van der Waals surface area contributed by atoms with Crippen LogP contribution in [-0.4, -0.2) is 6.04 Å². The van der Waals surface area contributed by atoms with Gasteiger partial charge in [-0.05, 0) is 36.0 Å². The Morgan fingerprint density at radius 1 is 1.38 bits per heavy atom. The van der Waals surface area contributed by atoms with E-state index in [9.17, 15) is 4.39 Å². The highest BCUT2D eigenvalue weighted by Crippen LogP contribution is 2.22. The molecule has 0 aliphatic heterocycles. The molecular weight excluding hydrogens is 225 g/mol. The summed E-state index contributed by atoms with van der Waals surface area (Å²) < 4.78 is 12.9. The summed E-state index contributed by atoms with van der Waals surface area (Å²) in [4.78, 5) is 0. The first kappa shape index (κ1) is 13.5. The van der Waals surface area contributed by atoms with Gasteiger partial charge in [0.15, 0.2) is 0 Å². The maximum absolute atomic E-state index is 12.9. The van der Waals surface area contributed by atoms with Gasteiger partial charge in [-0.2, -0.15) is 0 Å². The molecule has 0 spiro atoms. The molecule has 16 heavy (non-hydrogen) atoms. The zero-order valence-corrected chi connectivity index (χ0v) is 10.8. The van der Waals surface area contributed by atoms with Gasteiger partial charge in [0.05, 0.1) is 5.02 Å². The standard InChI is InChI=1S/C13H19ClFN/c1-13(2,3)12(16)7-5-9-4-6-11(15)10(14)8-9/h4,6,8,12H,5,7,16H2,1-3H3. The third kappa shape index (κ3) is 3.76. The van der Waals surface area contributed by atoms with E-state index in [2.05, 4.69) is 20.8 Å². The van der Waals surface area contributed by atoms with Crippen LogP contribution in [0.2, 0.25) is 5.02 Å². The first-order chi connectivity index (χ1) is 7.30. The van der Waals surface area contributed by atoms with E-state index in [4.69, 9.17) is 17.3 Å². The fourth-order valence-corrected chi connectivity index (χ4v) is 1.65. The van der Waals surface area contributed by atoms with Crippen molar-refractivity contribution in [3.63, 3.8) is 0 Å². The number of nitrogens with two attached hydrogens (primary N) is 1. The molecule has 3 heteroatoms. The summed E-state index contributed by atoms with van der Waals surface area (Å²) >= 11 is 5.71. The monoisotopic (exact) mass is 243 g/mol. The lowest BCUT2D eigenvalue weighted by molar-refractivity contribution is 0.306. The second kappa shape index (κ2) is 5.15. The normalized spacial score (nSPS) is 13.9. The Balaban J connectivity index is 2.58. The molecule has 90 valence electrons. The van der Waals surface area contributed by atoms with Crippen LogP contribution in [0.1, 0.15) is 32.8 Å². The highest BCUT2D eigenvalue weighted by atomic mass is 35.5. The van der Waals surface area contributed by atoms with Crippen molar-refractivity contribution in [1.82, 2.24) is 0 Å². The summed E-state index contributed by atoms with van der Waals surface area (Å²) in [6.07, 6.45) is 1.71. The van der Waals surface area contributed by atoms with Crippen molar-refractivity contribution in [3.8, 4) is 0 Å². The predicted molar refractivity (Wildman–Crippen MR) is 67.2 cm³/mol. The molecule has 0 heterocycles. The summed E-state index contributed by atoms with van der Waals surface area (Å²) in [5, 5.41) is 0.182. The number of benzene rings is 1. The molecule has 1 rings (SSSR count). The summed E-state index contributed by atoms with van der Waals surface area (Å²) in [6.45, 7) is 6.36. The van der Waals surface area contributed by atoms with Crippen LogP contribution in [-0.2, 0) is 6.42 Å². The van der Waals surface area contributed by atoms with Gasteiger partial charge in [-0.25, -0.2) is 4.39 Å². The molecule has 1 aromatic carbocycles. The topological polar surface area (TPSA) is 26.0 Å². The first-order valence-corrected chi connectivity index (χ1v) is 5.88. The van der Waals surface area contributed by atoms with Gasteiger partial charge in [0.25, 0.3) is 0 Å². The molecule has 1 aromatic rings. The molecule has 0 fully saturated rings. The lowest BCUT2D eigenvalue weighted by atomic mass is 9.84. The van der Waals surface area contributed by atoms with Crippen LogP contribution in [0.4, 0.5) is 4.39 Å². The van der Waals surface area contributed by atoms with Crippen LogP contribution < -0.4 is 5.73 Å². The van der Waals surface area contributed by atoms with E-state index in [1.165, 1.54) is 6.07 Å². The van der Waals surface area contributed by atoms with Crippen molar-refractivity contribution in [1.29, 1.82) is 0 Å². The Hall–Kier alpha value is -0.600. The van der Waals surface area contributed by atoms with Gasteiger partial charge in [-0.1, -0.05) is 38.4 Å². The quantitative estimate of drug-likeness (QED) is 0.859. The van der Waals surface area contributed by atoms with Crippen molar-refractivity contribution in [3.05, 3.63) is 34.6 Å². The lowest BCUT2D eigenvalue weighted by Crippen LogP contribution is -2.35. The second-order valence-electron chi connectivity index (χ2n) is 5.26. The van der Waals surface area contributed by atoms with Crippen LogP contribution in [0.25, 0.3) is 0 Å². The third-order valence-electron chi connectivity index (χ3n) is 2.84. The molecule has 0 radical (unpaired) electrons. The van der Waals surface area contributed by atoms with Crippen LogP contribution in [0.15, 0.2) is 18.2 Å². The lowest BCUT2D eigenvalue weighted by Gasteiger charge is -2.27. The van der Waals surface area contributed by atoms with Crippen molar-refractivity contribution >= 4 is 11.6 Å². The Morgan fingerprint density at radius 3 is 2.50 bits per heavy atom. The van der Waals surface area contributed by atoms with Gasteiger partial charge in [0.2, 0.25) is 0 Å². The largest absolute Gasteiger partial charge is 0.327 e. The van der Waals surface area contributed by atoms with Crippen molar-refractivity contribution in [2.75, 3.05) is 0 Å². The van der Waals surface area contributed by atoms with Gasteiger partial charge in [-0.3, -0.25) is 0 Å². The molecule has 0 amide bonds. The summed E-state index contributed by atoms with van der Waals surface area (Å²) in [6, 6.07) is 4.97. The molecule has 1 atom stereocenters. The Bertz CT molecular complexity index is 357. The summed E-state index contributed by atoms with van der Waals surface area (Å²) in [7, 11) is 0. The van der Waals surface area contributed by atoms with Crippen molar-refractivity contribution in [2.45, 2.75) is 39.7 Å². The number of halogens is 2. The van der Waals surface area contributed by atoms with E-state index >= 15 is 0 Å². The Morgan fingerprint density at radius 2 is 2.00 bits per heavy atom. The maximum atomic E-state index is 12.9. The molecule has 2 N–H and O–H groups in total. The number of hydrogen-bond acceptors (Lipinski definition) is 1. The number of aryl methyl sites for hydroxylation is 1. The van der Waals surface area contributed by atoms with Crippen LogP contribution in [0.3, 0.4) is 0 Å². The average Bonchev–Trinajstić information content (AvgIpc) is 2.18. The molecule has 0 aromatic heterocycles. The third-order valence-corrected chi connectivity index (χ3v) is 3.13. The van der Waals surface area contributed by atoms with Crippen LogP contribution in [0, 0.1) is 11.2 Å². The Kier molecular flexibility index (Phi) is 4.34. The molecule has 0 aliphatic rings. The van der Waals surface area contributed by atoms with Crippen molar-refractivity contribution < 1.29 is 4.39 Å². The molecule has 0 saturated heterocycles. The highest BCUT2D eigenvalue weighted by molar-refractivity contribution is 6.30. The predicted octanol–water partition coefficient (Wildman–Crippen LogP) is 3.79. The molecule has 0 aliphatic carbocycles. The smallest absolute Gasteiger partial charge is 0.141 e. The highest BCUT2D eigenvalue weighted by Gasteiger charge is 2.20. The fourth-order valence-electron chi connectivity index (χ4n) is 1.45. The van der Waals surface area contributed by atoms with Gasteiger partial charge < -0.3 is 5.73 Å². The van der Waals surface area contributed by atoms with E-state index in [1.807, 2.05) is 0 Å². The number of hydrogen-bond donors (Lipinski definition) is 1. The number of rotatable bonds is 3. The van der Waals surface area contributed by atoms with E-state index in [-0.39, 0.29) is 22.3 Å². The zero-order valence-electron chi connectivity index (χ0n) is 10.1. The molecule has 1 unspecified atom stereocenters. The molecule has 1 nitrogen and oxygen atoms in total. The van der Waals surface area contributed by atoms with Gasteiger partial charge in [-0.15, -0.1) is 0 Å². The minimum absolute atomic E-state index is 0.101. The summed E-state index contributed by atoms with van der Waals surface area (Å²) in [5.74, 6) is -0.370. The van der Waals surface area contributed by atoms with E-state index in [0.29, 0.717) is 0 Å². The van der Waals surface area contributed by atoms with Gasteiger partial charge in [0.1, 0.15) is 5.82 Å². The Labute approximate surface area is 102 Å². The van der Waals surface area contributed by atoms with Crippen LogP contribution >= 0.6 is 11.6 Å².